The summed E-state index contributed by atoms with van der Waals surface area (Å²) in [6, 6.07) is 19.0. The topological polar surface area (TPSA) is 46.5 Å². The van der Waals surface area contributed by atoms with E-state index in [-0.39, 0.29) is 0 Å². The van der Waals surface area contributed by atoms with Crippen molar-refractivity contribution in [1.82, 2.24) is 0 Å². The molecule has 0 aliphatic rings. The Morgan fingerprint density at radius 2 is 1.35 bits per heavy atom. The van der Waals surface area contributed by atoms with Gasteiger partial charge < -0.3 is 4.89 Å². The van der Waals surface area contributed by atoms with Crippen LogP contribution in [0.4, 0.5) is 0 Å². The standard InChI is InChI=1S/C12H11O3PS4/c13-16(14,20-18-12-9-5-2-6-10-12)15-19-17-11-7-3-1-4-8-11/h1-10H,(H,13,14). The van der Waals surface area contributed by atoms with E-state index in [1.807, 2.05) is 60.7 Å². The summed E-state index contributed by atoms with van der Waals surface area (Å²) in [5.74, 6) is 0. The minimum Gasteiger partial charge on any atom is -0.315 e. The van der Waals surface area contributed by atoms with E-state index in [0.29, 0.717) is 0 Å². The van der Waals surface area contributed by atoms with Gasteiger partial charge in [-0.3, -0.25) is 0 Å². The van der Waals surface area contributed by atoms with E-state index < -0.39 is 6.80 Å². The summed E-state index contributed by atoms with van der Waals surface area (Å²) in [5.41, 5.74) is 0. The van der Waals surface area contributed by atoms with Crippen LogP contribution in [0.25, 0.3) is 0 Å². The highest BCUT2D eigenvalue weighted by Crippen LogP contribution is 2.66. The number of hydrogen-bond donors (Lipinski definition) is 1. The summed E-state index contributed by atoms with van der Waals surface area (Å²) in [7, 11) is 3.38. The third-order valence-electron chi connectivity index (χ3n) is 1.97. The summed E-state index contributed by atoms with van der Waals surface area (Å²) >= 11 is 0.918. The maximum atomic E-state index is 11.8. The van der Waals surface area contributed by atoms with Crippen molar-refractivity contribution in [1.29, 1.82) is 0 Å². The van der Waals surface area contributed by atoms with Gasteiger partial charge in [-0.05, 0) is 45.9 Å². The SMILES string of the molecule is O=P(O)(OSSc1ccccc1)SSc1ccccc1. The van der Waals surface area contributed by atoms with Crippen LogP contribution in [-0.2, 0) is 8.54 Å². The van der Waals surface area contributed by atoms with Gasteiger partial charge in [0.15, 0.2) is 0 Å². The van der Waals surface area contributed by atoms with Gasteiger partial charge in [-0.15, -0.1) is 0 Å². The first-order valence-electron chi connectivity index (χ1n) is 5.48. The average Bonchev–Trinajstić information content (AvgIpc) is 2.47. The Morgan fingerprint density at radius 3 is 1.90 bits per heavy atom. The third kappa shape index (κ3) is 6.18. The van der Waals surface area contributed by atoms with Crippen LogP contribution in [0.3, 0.4) is 0 Å². The van der Waals surface area contributed by atoms with Gasteiger partial charge in [0.2, 0.25) is 0 Å². The zero-order valence-corrected chi connectivity index (χ0v) is 14.3. The fourth-order valence-corrected chi connectivity index (χ4v) is 8.07. The zero-order chi connectivity index (χ0) is 14.3. The van der Waals surface area contributed by atoms with Gasteiger partial charge in [-0.2, -0.15) is 0 Å². The summed E-state index contributed by atoms with van der Waals surface area (Å²) in [6.07, 6.45) is 0. The highest BCUT2D eigenvalue weighted by molar-refractivity contribution is 8.99. The lowest BCUT2D eigenvalue weighted by Crippen LogP contribution is -1.73. The van der Waals surface area contributed by atoms with Gasteiger partial charge >= 0.3 is 6.80 Å². The molecule has 2 aromatic carbocycles. The van der Waals surface area contributed by atoms with E-state index in [4.69, 9.17) is 3.97 Å². The molecule has 0 aliphatic heterocycles. The lowest BCUT2D eigenvalue weighted by molar-refractivity contribution is 0.427. The van der Waals surface area contributed by atoms with Crippen molar-refractivity contribution in [2.24, 2.45) is 0 Å². The number of benzene rings is 2. The predicted octanol–water partition coefficient (Wildman–Crippen LogP) is 5.90. The Labute approximate surface area is 133 Å². The lowest BCUT2D eigenvalue weighted by Gasteiger charge is -2.08. The van der Waals surface area contributed by atoms with Crippen molar-refractivity contribution < 1.29 is 13.4 Å². The van der Waals surface area contributed by atoms with Gasteiger partial charge in [0.1, 0.15) is 0 Å². The fourth-order valence-electron chi connectivity index (χ4n) is 1.15. The quantitative estimate of drug-likeness (QED) is 0.374. The van der Waals surface area contributed by atoms with Crippen LogP contribution in [0.15, 0.2) is 70.5 Å². The second-order valence-electron chi connectivity index (χ2n) is 3.48. The second kappa shape index (κ2) is 8.44. The molecule has 2 rings (SSSR count). The molecule has 3 nitrogen and oxygen atoms in total. The Bertz CT molecular complexity index is 567. The molecular formula is C12H11O3PS4. The Hall–Kier alpha value is -0.0100. The first-order chi connectivity index (χ1) is 9.66. The van der Waals surface area contributed by atoms with Crippen LogP contribution >= 0.6 is 49.9 Å². The second-order valence-corrected chi connectivity index (χ2v) is 11.2. The van der Waals surface area contributed by atoms with Crippen molar-refractivity contribution >= 4 is 49.9 Å². The van der Waals surface area contributed by atoms with E-state index in [9.17, 15) is 9.46 Å². The first-order valence-corrected chi connectivity index (χ1v) is 11.9. The third-order valence-corrected chi connectivity index (χ3v) is 9.84. The molecule has 0 bridgehead atoms. The highest BCUT2D eigenvalue weighted by Gasteiger charge is 2.22. The molecule has 1 unspecified atom stereocenters. The molecule has 0 radical (unpaired) electrons. The first kappa shape index (κ1) is 16.4. The molecule has 0 saturated carbocycles. The number of rotatable bonds is 7. The maximum Gasteiger partial charge on any atom is 0.409 e. The normalized spacial score (nSPS) is 13.8. The van der Waals surface area contributed by atoms with E-state index in [2.05, 4.69) is 0 Å². The molecule has 0 spiro atoms. The van der Waals surface area contributed by atoms with Gasteiger partial charge in [-0.1, -0.05) is 36.4 Å². The molecule has 0 fully saturated rings. The van der Waals surface area contributed by atoms with Crippen molar-refractivity contribution in [2.75, 3.05) is 0 Å². The monoisotopic (exact) mass is 362 g/mol. The molecular weight excluding hydrogens is 351 g/mol. The van der Waals surface area contributed by atoms with Gasteiger partial charge in [0.05, 0.1) is 11.1 Å². The molecule has 2 aromatic rings. The van der Waals surface area contributed by atoms with Crippen LogP contribution in [0.2, 0.25) is 0 Å². The molecule has 0 aromatic heterocycles. The van der Waals surface area contributed by atoms with Gasteiger partial charge in [0, 0.05) is 20.2 Å². The molecule has 0 heterocycles. The van der Waals surface area contributed by atoms with Crippen molar-refractivity contribution in [2.45, 2.75) is 9.79 Å². The van der Waals surface area contributed by atoms with Crippen molar-refractivity contribution in [3.8, 4) is 0 Å². The lowest BCUT2D eigenvalue weighted by atomic mass is 10.4. The molecule has 20 heavy (non-hydrogen) atoms. The Balaban J connectivity index is 1.75. The molecule has 8 heteroatoms. The van der Waals surface area contributed by atoms with Gasteiger partial charge in [0.25, 0.3) is 0 Å². The largest absolute Gasteiger partial charge is 0.409 e. The predicted molar refractivity (Wildman–Crippen MR) is 90.7 cm³/mol. The smallest absolute Gasteiger partial charge is 0.315 e. The highest BCUT2D eigenvalue weighted by atomic mass is 33.3. The van der Waals surface area contributed by atoms with E-state index >= 15 is 0 Å². The summed E-state index contributed by atoms with van der Waals surface area (Å²) in [6.45, 7) is -3.67. The molecule has 1 N–H and O–H groups in total. The fraction of sp³-hybridized carbons (Fsp3) is 0. The van der Waals surface area contributed by atoms with Crippen LogP contribution in [0.5, 0.6) is 0 Å². The Kier molecular flexibility index (Phi) is 6.90. The average molecular weight is 362 g/mol. The van der Waals surface area contributed by atoms with Crippen LogP contribution in [0.1, 0.15) is 0 Å². The number of hydrogen-bond acceptors (Lipinski definition) is 6. The van der Waals surface area contributed by atoms with E-state index in [0.717, 1.165) is 31.3 Å². The van der Waals surface area contributed by atoms with Crippen LogP contribution in [-0.4, -0.2) is 4.89 Å². The van der Waals surface area contributed by atoms with E-state index in [1.54, 1.807) is 0 Å². The summed E-state index contributed by atoms with van der Waals surface area (Å²) in [4.78, 5) is 11.6. The minimum atomic E-state index is -3.67. The summed E-state index contributed by atoms with van der Waals surface area (Å²) in [5, 5.41) is 0. The minimum absolute atomic E-state index is 0.838. The van der Waals surface area contributed by atoms with Crippen molar-refractivity contribution in [3.63, 3.8) is 0 Å². The molecule has 0 amide bonds. The van der Waals surface area contributed by atoms with Crippen LogP contribution in [0, 0.1) is 0 Å². The van der Waals surface area contributed by atoms with Crippen molar-refractivity contribution in [3.05, 3.63) is 60.7 Å². The molecule has 0 saturated heterocycles. The summed E-state index contributed by atoms with van der Waals surface area (Å²) < 4.78 is 16.8. The molecule has 0 aliphatic carbocycles. The van der Waals surface area contributed by atoms with Gasteiger partial charge in [-0.25, -0.2) is 8.54 Å². The van der Waals surface area contributed by atoms with Crippen LogP contribution < -0.4 is 0 Å². The zero-order valence-electron chi connectivity index (χ0n) is 10.1. The molecule has 1 atom stereocenters. The Morgan fingerprint density at radius 1 is 0.850 bits per heavy atom. The van der Waals surface area contributed by atoms with E-state index in [1.165, 1.54) is 21.6 Å². The maximum absolute atomic E-state index is 11.8. The molecule has 106 valence electrons.